The second-order valence-electron chi connectivity index (χ2n) is 4.25. The van der Waals surface area contributed by atoms with Crippen molar-refractivity contribution < 1.29 is 26.4 Å². The Morgan fingerprint density at radius 3 is 1.94 bits per heavy atom. The highest BCUT2D eigenvalue weighted by Crippen LogP contribution is 2.40. The minimum absolute atomic E-state index is 0.227. The van der Waals surface area contributed by atoms with Gasteiger partial charge in [-0.3, -0.25) is 0 Å². The van der Waals surface area contributed by atoms with E-state index in [4.69, 9.17) is 0 Å². The zero-order valence-corrected chi connectivity index (χ0v) is 9.78. The van der Waals surface area contributed by atoms with Gasteiger partial charge in [0.05, 0.1) is 0 Å². The third-order valence-corrected chi connectivity index (χ3v) is 2.84. The molecular formula is C10H14F6N2. The van der Waals surface area contributed by atoms with Crippen LogP contribution in [0.15, 0.2) is 12.2 Å². The summed E-state index contributed by atoms with van der Waals surface area (Å²) < 4.78 is 79.5. The number of piperazine rings is 1. The van der Waals surface area contributed by atoms with E-state index >= 15 is 0 Å². The van der Waals surface area contributed by atoms with Gasteiger partial charge in [0.25, 0.3) is 0 Å². The summed E-state index contributed by atoms with van der Waals surface area (Å²) in [4.78, 5) is 0.227. The number of allylic oxidation sites excluding steroid dienone is 1. The Balaban J connectivity index is 2.82. The van der Waals surface area contributed by atoms with Crippen molar-refractivity contribution >= 4 is 0 Å². The average molecular weight is 276 g/mol. The number of alkyl halides is 5. The van der Waals surface area contributed by atoms with Crippen molar-refractivity contribution in [1.29, 1.82) is 0 Å². The molecule has 1 saturated heterocycles. The fraction of sp³-hybridized carbons (Fsp3) is 0.800. The molecule has 0 N–H and O–H groups in total. The van der Waals surface area contributed by atoms with E-state index in [1.54, 1.807) is 0 Å². The maximum atomic E-state index is 13.6. The molecule has 0 saturated carbocycles. The topological polar surface area (TPSA) is 6.48 Å². The van der Waals surface area contributed by atoms with Crippen molar-refractivity contribution in [2.45, 2.75) is 25.1 Å². The quantitative estimate of drug-likeness (QED) is 0.337. The van der Waals surface area contributed by atoms with Gasteiger partial charge >= 0.3 is 12.0 Å². The van der Waals surface area contributed by atoms with Crippen LogP contribution in [0, 0.1) is 0 Å². The van der Waals surface area contributed by atoms with Crippen LogP contribution in [-0.2, 0) is 0 Å². The van der Waals surface area contributed by atoms with Crippen LogP contribution >= 0.6 is 0 Å². The normalized spacial score (nSPS) is 21.9. The van der Waals surface area contributed by atoms with E-state index in [1.807, 2.05) is 0 Å². The molecule has 0 radical (unpaired) electrons. The summed E-state index contributed by atoms with van der Waals surface area (Å²) in [6.07, 6.45) is -3.70. The Labute approximate surface area is 101 Å². The average Bonchev–Trinajstić information content (AvgIpc) is 2.28. The van der Waals surface area contributed by atoms with Crippen molar-refractivity contribution in [1.82, 2.24) is 10.0 Å². The smallest absolute Gasteiger partial charge is 0.239 e. The first-order valence-electron chi connectivity index (χ1n) is 5.31. The second-order valence-corrected chi connectivity index (χ2v) is 4.25. The molecule has 1 unspecified atom stereocenters. The largest absolute Gasteiger partial charge is 0.342 e. The van der Waals surface area contributed by atoms with Gasteiger partial charge in [-0.1, -0.05) is 6.58 Å². The van der Waals surface area contributed by atoms with Gasteiger partial charge in [0.2, 0.25) is 6.17 Å². The van der Waals surface area contributed by atoms with Crippen LogP contribution in [0.4, 0.5) is 26.4 Å². The van der Waals surface area contributed by atoms with Crippen LogP contribution in [-0.4, -0.2) is 54.3 Å². The zero-order valence-electron chi connectivity index (χ0n) is 9.78. The lowest BCUT2D eigenvalue weighted by molar-refractivity contribution is -0.250. The highest BCUT2D eigenvalue weighted by molar-refractivity contribution is 5.10. The van der Waals surface area contributed by atoms with Crippen molar-refractivity contribution in [2.24, 2.45) is 0 Å². The van der Waals surface area contributed by atoms with Crippen LogP contribution in [0.3, 0.4) is 0 Å². The predicted octanol–water partition coefficient (Wildman–Crippen LogP) is 2.63. The van der Waals surface area contributed by atoms with Crippen molar-refractivity contribution in [3.63, 3.8) is 0 Å². The molecular weight excluding hydrogens is 262 g/mol. The molecule has 0 amide bonds. The minimum Gasteiger partial charge on any atom is -0.239 e. The molecule has 0 bridgehead atoms. The fourth-order valence-corrected chi connectivity index (χ4v) is 1.57. The van der Waals surface area contributed by atoms with Crippen LogP contribution in [0.5, 0.6) is 0 Å². The molecule has 0 aromatic rings. The van der Waals surface area contributed by atoms with Gasteiger partial charge in [-0.15, -0.1) is 9.60 Å². The Morgan fingerprint density at radius 2 is 1.56 bits per heavy atom. The molecule has 1 atom stereocenters. The molecule has 106 valence electrons. The molecule has 1 fully saturated rings. The van der Waals surface area contributed by atoms with E-state index < -0.39 is 36.8 Å². The number of rotatable bonds is 4. The van der Waals surface area contributed by atoms with E-state index in [2.05, 4.69) is 6.58 Å². The van der Waals surface area contributed by atoms with Gasteiger partial charge < -0.3 is 0 Å². The fourth-order valence-electron chi connectivity index (χ4n) is 1.57. The van der Waals surface area contributed by atoms with E-state index in [0.717, 1.165) is 6.92 Å². The molecule has 1 aliphatic rings. The van der Waals surface area contributed by atoms with E-state index in [0.29, 0.717) is 0 Å². The summed E-state index contributed by atoms with van der Waals surface area (Å²) in [5.41, 5.74) is -0.973. The number of halogens is 6. The molecule has 1 rings (SSSR count). The lowest BCUT2D eigenvalue weighted by Gasteiger charge is -2.39. The molecule has 8 heteroatoms. The first kappa shape index (κ1) is 15.3. The summed E-state index contributed by atoms with van der Waals surface area (Å²) in [6, 6.07) is -4.36. The number of nitrogens with zero attached hydrogens (tertiary/aromatic N) is 2. The van der Waals surface area contributed by atoms with Crippen molar-refractivity contribution in [3.8, 4) is 0 Å². The molecule has 1 aliphatic heterocycles. The van der Waals surface area contributed by atoms with Crippen LogP contribution < -0.4 is 0 Å². The first-order valence-corrected chi connectivity index (χ1v) is 5.31. The van der Waals surface area contributed by atoms with Crippen molar-refractivity contribution in [2.75, 3.05) is 26.2 Å². The van der Waals surface area contributed by atoms with Gasteiger partial charge in [0.15, 0.2) is 0 Å². The van der Waals surface area contributed by atoms with E-state index in [-0.39, 0.29) is 23.1 Å². The van der Waals surface area contributed by atoms with Crippen LogP contribution in [0.1, 0.15) is 6.92 Å². The molecule has 0 spiro atoms. The third kappa shape index (κ3) is 2.80. The second kappa shape index (κ2) is 5.08. The molecule has 2 nitrogen and oxygen atoms in total. The third-order valence-electron chi connectivity index (χ3n) is 2.84. The summed E-state index contributed by atoms with van der Waals surface area (Å²) in [5, 5.41) is 0.275. The summed E-state index contributed by atoms with van der Waals surface area (Å²) in [5.74, 6) is -4.32. The maximum absolute atomic E-state index is 13.6. The van der Waals surface area contributed by atoms with Gasteiger partial charge in [-0.25, -0.2) is 9.29 Å². The van der Waals surface area contributed by atoms with E-state index in [9.17, 15) is 26.4 Å². The van der Waals surface area contributed by atoms with Crippen LogP contribution in [0.2, 0.25) is 0 Å². The SMILES string of the molecule is C=C(C)C(F)(F)C(F)C(F)(F)N1CCN(F)CC1. The summed E-state index contributed by atoms with van der Waals surface area (Å²) in [7, 11) is 0. The van der Waals surface area contributed by atoms with Gasteiger partial charge in [-0.05, 0) is 12.5 Å². The zero-order chi connectivity index (χ0) is 14.1. The van der Waals surface area contributed by atoms with Crippen LogP contribution in [0.25, 0.3) is 0 Å². The summed E-state index contributed by atoms with van der Waals surface area (Å²) >= 11 is 0. The van der Waals surface area contributed by atoms with Crippen molar-refractivity contribution in [3.05, 3.63) is 12.2 Å². The Kier molecular flexibility index (Phi) is 4.32. The first-order chi connectivity index (χ1) is 8.10. The Morgan fingerprint density at radius 1 is 1.11 bits per heavy atom. The van der Waals surface area contributed by atoms with Gasteiger partial charge in [0.1, 0.15) is 0 Å². The molecule has 0 aromatic carbocycles. The monoisotopic (exact) mass is 276 g/mol. The predicted molar refractivity (Wildman–Crippen MR) is 53.9 cm³/mol. The lowest BCUT2D eigenvalue weighted by atomic mass is 10.0. The molecule has 1 heterocycles. The lowest BCUT2D eigenvalue weighted by Crippen LogP contribution is -2.59. The van der Waals surface area contributed by atoms with Gasteiger partial charge in [0, 0.05) is 26.2 Å². The minimum atomic E-state index is -4.36. The van der Waals surface area contributed by atoms with Gasteiger partial charge in [-0.2, -0.15) is 17.6 Å². The maximum Gasteiger partial charge on any atom is 0.342 e. The Hall–Kier alpha value is -0.760. The highest BCUT2D eigenvalue weighted by Gasteiger charge is 2.59. The molecule has 0 aliphatic carbocycles. The number of hydrogen-bond donors (Lipinski definition) is 0. The number of hydrogen-bond acceptors (Lipinski definition) is 2. The standard InChI is InChI=1S/C10H14F6N2/c1-7(2)9(12,13)8(11)10(14,15)17-3-5-18(16)6-4-17/h8H,1,3-6H2,2H3. The molecule has 18 heavy (non-hydrogen) atoms. The van der Waals surface area contributed by atoms with E-state index in [1.165, 1.54) is 0 Å². The highest BCUT2D eigenvalue weighted by atomic mass is 19.3. The Bertz CT molecular complexity index is 311. The molecule has 0 aromatic heterocycles. The summed E-state index contributed by atoms with van der Waals surface area (Å²) in [6.45, 7) is 1.80.